The molecule has 0 amide bonds. The molecule has 1 rings (SSSR count). The molecule has 20 heavy (non-hydrogen) atoms. The van der Waals surface area contributed by atoms with Crippen LogP contribution in [0.2, 0.25) is 0 Å². The maximum atomic E-state index is 5.51. The molecule has 4 heteroatoms. The van der Waals surface area contributed by atoms with Crippen molar-refractivity contribution in [1.82, 2.24) is 5.32 Å². The highest BCUT2D eigenvalue weighted by molar-refractivity contribution is 5.40. The zero-order valence-electron chi connectivity index (χ0n) is 13.1. The molecule has 114 valence electrons. The smallest absolute Gasteiger partial charge is 0.127 e. The third-order valence-electron chi connectivity index (χ3n) is 3.01. The maximum absolute atomic E-state index is 5.51. The van der Waals surface area contributed by atoms with Gasteiger partial charge in [0.15, 0.2) is 0 Å². The van der Waals surface area contributed by atoms with Crippen molar-refractivity contribution in [3.05, 3.63) is 23.8 Å². The zero-order valence-corrected chi connectivity index (χ0v) is 13.1. The van der Waals surface area contributed by atoms with Crippen LogP contribution in [-0.4, -0.2) is 33.5 Å². The monoisotopic (exact) mass is 281 g/mol. The van der Waals surface area contributed by atoms with Gasteiger partial charge in [0.25, 0.3) is 0 Å². The molecule has 1 aromatic rings. The summed E-state index contributed by atoms with van der Waals surface area (Å²) in [7, 11) is 3.34. The summed E-state index contributed by atoms with van der Waals surface area (Å²) in [5.41, 5.74) is 1.15. The number of methoxy groups -OCH3 is 2. The van der Waals surface area contributed by atoms with E-state index in [1.54, 1.807) is 14.2 Å². The molecule has 0 spiro atoms. The zero-order chi connectivity index (χ0) is 14.8. The van der Waals surface area contributed by atoms with Gasteiger partial charge in [-0.25, -0.2) is 0 Å². The van der Waals surface area contributed by atoms with Gasteiger partial charge in [-0.1, -0.05) is 6.07 Å². The Labute approximate surface area is 122 Å². The van der Waals surface area contributed by atoms with Gasteiger partial charge < -0.3 is 19.5 Å². The minimum Gasteiger partial charge on any atom is -0.497 e. The molecule has 0 aromatic heterocycles. The summed E-state index contributed by atoms with van der Waals surface area (Å²) in [6.07, 6.45) is 2.53. The quantitative estimate of drug-likeness (QED) is 0.669. The van der Waals surface area contributed by atoms with Gasteiger partial charge in [0, 0.05) is 24.8 Å². The van der Waals surface area contributed by atoms with Crippen molar-refractivity contribution in [2.75, 3.05) is 27.4 Å². The summed E-state index contributed by atoms with van der Waals surface area (Å²) in [6, 6.07) is 5.90. The molecule has 0 unspecified atom stereocenters. The number of ether oxygens (including phenoxy) is 3. The molecule has 0 saturated carbocycles. The Balaban J connectivity index is 2.24. The number of benzene rings is 1. The van der Waals surface area contributed by atoms with Gasteiger partial charge in [0.1, 0.15) is 11.5 Å². The van der Waals surface area contributed by atoms with Crippen LogP contribution in [0.25, 0.3) is 0 Å². The largest absolute Gasteiger partial charge is 0.497 e. The summed E-state index contributed by atoms with van der Waals surface area (Å²) < 4.78 is 16.1. The fraction of sp³-hybridized carbons (Fsp3) is 0.625. The Kier molecular flexibility index (Phi) is 8.07. The van der Waals surface area contributed by atoms with Crippen LogP contribution >= 0.6 is 0 Å². The Bertz CT molecular complexity index is 380. The Morgan fingerprint density at radius 2 is 1.90 bits per heavy atom. The van der Waals surface area contributed by atoms with E-state index in [1.165, 1.54) is 0 Å². The average molecular weight is 281 g/mol. The standard InChI is InChI=1S/C16H27NO3/c1-13(2)20-10-6-5-9-17-12-14-7-8-15(18-3)11-16(14)19-4/h7-8,11,13,17H,5-6,9-10,12H2,1-4H3. The van der Waals surface area contributed by atoms with Crippen molar-refractivity contribution < 1.29 is 14.2 Å². The van der Waals surface area contributed by atoms with Gasteiger partial charge in [-0.15, -0.1) is 0 Å². The first-order valence-electron chi connectivity index (χ1n) is 7.20. The van der Waals surface area contributed by atoms with Crippen molar-refractivity contribution >= 4 is 0 Å². The van der Waals surface area contributed by atoms with Crippen LogP contribution < -0.4 is 14.8 Å². The Morgan fingerprint density at radius 1 is 1.10 bits per heavy atom. The van der Waals surface area contributed by atoms with E-state index in [1.807, 2.05) is 18.2 Å². The van der Waals surface area contributed by atoms with Crippen LogP contribution in [0.4, 0.5) is 0 Å². The van der Waals surface area contributed by atoms with E-state index in [2.05, 4.69) is 19.2 Å². The van der Waals surface area contributed by atoms with Crippen LogP contribution in [0.15, 0.2) is 18.2 Å². The highest BCUT2D eigenvalue weighted by Gasteiger charge is 2.04. The fourth-order valence-electron chi connectivity index (χ4n) is 1.89. The predicted octanol–water partition coefficient (Wildman–Crippen LogP) is 3.00. The molecule has 0 atom stereocenters. The lowest BCUT2D eigenvalue weighted by Gasteiger charge is -2.11. The third kappa shape index (κ3) is 6.26. The Hall–Kier alpha value is -1.26. The normalized spacial score (nSPS) is 10.8. The fourth-order valence-corrected chi connectivity index (χ4v) is 1.89. The summed E-state index contributed by atoms with van der Waals surface area (Å²) in [5.74, 6) is 1.68. The van der Waals surface area contributed by atoms with Gasteiger partial charge in [-0.2, -0.15) is 0 Å². The van der Waals surface area contributed by atoms with Gasteiger partial charge in [-0.05, 0) is 39.3 Å². The lowest BCUT2D eigenvalue weighted by Crippen LogP contribution is -2.16. The molecular weight excluding hydrogens is 254 g/mol. The predicted molar refractivity (Wildman–Crippen MR) is 81.6 cm³/mol. The number of rotatable bonds is 10. The molecule has 1 aromatic carbocycles. The highest BCUT2D eigenvalue weighted by atomic mass is 16.5. The summed E-state index contributed by atoms with van der Waals surface area (Å²) in [6.45, 7) is 6.75. The van der Waals surface area contributed by atoms with Crippen molar-refractivity contribution in [2.24, 2.45) is 0 Å². The maximum Gasteiger partial charge on any atom is 0.127 e. The van der Waals surface area contributed by atoms with Crippen LogP contribution in [0.3, 0.4) is 0 Å². The topological polar surface area (TPSA) is 39.7 Å². The van der Waals surface area contributed by atoms with Crippen molar-refractivity contribution in [3.63, 3.8) is 0 Å². The first-order chi connectivity index (χ1) is 9.67. The molecule has 0 aliphatic rings. The highest BCUT2D eigenvalue weighted by Crippen LogP contribution is 2.24. The van der Waals surface area contributed by atoms with Crippen molar-refractivity contribution in [3.8, 4) is 11.5 Å². The molecule has 1 N–H and O–H groups in total. The number of hydrogen-bond donors (Lipinski definition) is 1. The van der Waals surface area contributed by atoms with Gasteiger partial charge in [0.2, 0.25) is 0 Å². The van der Waals surface area contributed by atoms with Crippen molar-refractivity contribution in [1.29, 1.82) is 0 Å². The van der Waals surface area contributed by atoms with E-state index in [4.69, 9.17) is 14.2 Å². The summed E-state index contributed by atoms with van der Waals surface area (Å²) in [4.78, 5) is 0. The first kappa shape index (κ1) is 16.8. The molecule has 0 fully saturated rings. The molecule has 0 aliphatic carbocycles. The summed E-state index contributed by atoms with van der Waals surface area (Å²) in [5, 5.41) is 3.43. The van der Waals surface area contributed by atoms with E-state index in [9.17, 15) is 0 Å². The van der Waals surface area contributed by atoms with Crippen molar-refractivity contribution in [2.45, 2.75) is 39.3 Å². The van der Waals surface area contributed by atoms with Gasteiger partial charge in [0.05, 0.1) is 20.3 Å². The third-order valence-corrected chi connectivity index (χ3v) is 3.01. The van der Waals surface area contributed by atoms with Crippen LogP contribution in [0, 0.1) is 0 Å². The number of hydrogen-bond acceptors (Lipinski definition) is 4. The van der Waals surface area contributed by atoms with E-state index >= 15 is 0 Å². The van der Waals surface area contributed by atoms with E-state index in [0.717, 1.165) is 49.6 Å². The molecule has 0 radical (unpaired) electrons. The Morgan fingerprint density at radius 3 is 2.55 bits per heavy atom. The molecule has 0 heterocycles. The van der Waals surface area contributed by atoms with E-state index in [0.29, 0.717) is 6.10 Å². The number of nitrogens with one attached hydrogen (secondary N) is 1. The minimum absolute atomic E-state index is 0.325. The average Bonchev–Trinajstić information content (AvgIpc) is 2.46. The van der Waals surface area contributed by atoms with Gasteiger partial charge >= 0.3 is 0 Å². The van der Waals surface area contributed by atoms with E-state index < -0.39 is 0 Å². The second-order valence-electron chi connectivity index (χ2n) is 4.98. The van der Waals surface area contributed by atoms with E-state index in [-0.39, 0.29) is 0 Å². The van der Waals surface area contributed by atoms with Gasteiger partial charge in [-0.3, -0.25) is 0 Å². The molecule has 0 saturated heterocycles. The van der Waals surface area contributed by atoms with Crippen LogP contribution in [0.1, 0.15) is 32.3 Å². The molecule has 4 nitrogen and oxygen atoms in total. The lowest BCUT2D eigenvalue weighted by atomic mass is 10.2. The minimum atomic E-state index is 0.325. The molecular formula is C16H27NO3. The molecule has 0 bridgehead atoms. The first-order valence-corrected chi connectivity index (χ1v) is 7.20. The lowest BCUT2D eigenvalue weighted by molar-refractivity contribution is 0.0760. The summed E-state index contributed by atoms with van der Waals surface area (Å²) >= 11 is 0. The van der Waals surface area contributed by atoms with Crippen LogP contribution in [-0.2, 0) is 11.3 Å². The van der Waals surface area contributed by atoms with Crippen LogP contribution in [0.5, 0.6) is 11.5 Å². The second-order valence-corrected chi connectivity index (χ2v) is 4.98. The SMILES string of the molecule is COc1ccc(CNCCCCOC(C)C)c(OC)c1. The molecule has 0 aliphatic heterocycles. The second kappa shape index (κ2) is 9.61. The number of unbranched alkanes of at least 4 members (excludes halogenated alkanes) is 1.